The summed E-state index contributed by atoms with van der Waals surface area (Å²) < 4.78 is 9.23. The molecule has 0 saturated heterocycles. The molecule has 4 rings (SSSR count). The molecule has 0 N–H and O–H groups in total. The zero-order valence-electron chi connectivity index (χ0n) is 18.4. The monoisotopic (exact) mass is 615 g/mol. The number of ether oxygens (including phenoxy) is 1. The first-order chi connectivity index (χ1) is 15.9. The van der Waals surface area contributed by atoms with Gasteiger partial charge in [-0.1, -0.05) is 52.7 Å². The van der Waals surface area contributed by atoms with E-state index in [4.69, 9.17) is 4.74 Å². The SMILES string of the molecule is CCCc1nc2ccc(Br)cc2c(=O)n1N=Cc1ccc(OCc2cccc(C)c2)c(I)c1. The molecule has 4 aromatic rings. The molecule has 0 radical (unpaired) electrons. The maximum Gasteiger partial charge on any atom is 0.282 e. The number of hydrogen-bond donors (Lipinski definition) is 0. The van der Waals surface area contributed by atoms with Crippen LogP contribution in [-0.2, 0) is 13.0 Å². The Balaban J connectivity index is 1.59. The number of nitrogens with zero attached hydrogens (tertiary/aromatic N) is 3. The van der Waals surface area contributed by atoms with Crippen LogP contribution < -0.4 is 10.3 Å². The van der Waals surface area contributed by atoms with Crippen LogP contribution in [0.15, 0.2) is 75.0 Å². The molecule has 5 nitrogen and oxygen atoms in total. The van der Waals surface area contributed by atoms with E-state index in [9.17, 15) is 4.79 Å². The number of fused-ring (bicyclic) bond motifs is 1. The lowest BCUT2D eigenvalue weighted by Crippen LogP contribution is -2.22. The normalized spacial score (nSPS) is 11.4. The number of aromatic nitrogens is 2. The molecule has 33 heavy (non-hydrogen) atoms. The number of hydrogen-bond acceptors (Lipinski definition) is 4. The van der Waals surface area contributed by atoms with Gasteiger partial charge >= 0.3 is 0 Å². The fourth-order valence-electron chi connectivity index (χ4n) is 3.50. The molecule has 0 amide bonds. The van der Waals surface area contributed by atoms with E-state index in [-0.39, 0.29) is 5.56 Å². The largest absolute Gasteiger partial charge is 0.488 e. The Labute approximate surface area is 214 Å². The number of aryl methyl sites for hydroxylation is 2. The van der Waals surface area contributed by atoms with Gasteiger partial charge in [-0.15, -0.1) is 0 Å². The second-order valence-corrected chi connectivity index (χ2v) is 9.85. The summed E-state index contributed by atoms with van der Waals surface area (Å²) in [5, 5.41) is 5.04. The number of rotatable bonds is 7. The second-order valence-electron chi connectivity index (χ2n) is 7.77. The van der Waals surface area contributed by atoms with Gasteiger partial charge in [0.25, 0.3) is 5.56 Å². The smallest absolute Gasteiger partial charge is 0.282 e. The van der Waals surface area contributed by atoms with Crippen molar-refractivity contribution in [3.8, 4) is 5.75 Å². The summed E-state index contributed by atoms with van der Waals surface area (Å²) in [6.07, 6.45) is 3.23. The quantitative estimate of drug-likeness (QED) is 0.176. The minimum absolute atomic E-state index is 0.172. The van der Waals surface area contributed by atoms with Crippen molar-refractivity contribution in [2.45, 2.75) is 33.3 Å². The highest BCUT2D eigenvalue weighted by atomic mass is 127. The highest BCUT2D eigenvalue weighted by Crippen LogP contribution is 2.23. The fourth-order valence-corrected chi connectivity index (χ4v) is 4.56. The standard InChI is InChI=1S/C26H23BrIN3O2/c1-3-5-25-30-23-10-9-20(27)14-21(23)26(32)31(25)29-15-18-8-11-24(22(28)13-18)33-16-19-7-4-6-17(2)12-19/h4,6-15H,3,5,16H2,1-2H3. The summed E-state index contributed by atoms with van der Waals surface area (Å²) in [7, 11) is 0. The third-order valence-corrected chi connectivity index (χ3v) is 6.44. The van der Waals surface area contributed by atoms with Gasteiger partial charge < -0.3 is 4.74 Å². The third kappa shape index (κ3) is 5.70. The number of benzene rings is 3. The van der Waals surface area contributed by atoms with Crippen LogP contribution in [0.3, 0.4) is 0 Å². The van der Waals surface area contributed by atoms with Gasteiger partial charge in [-0.05, 0) is 83.5 Å². The Morgan fingerprint density at radius 3 is 2.76 bits per heavy atom. The van der Waals surface area contributed by atoms with E-state index >= 15 is 0 Å². The van der Waals surface area contributed by atoms with Gasteiger partial charge in [-0.25, -0.2) is 4.98 Å². The van der Waals surface area contributed by atoms with Crippen LogP contribution in [0.25, 0.3) is 10.9 Å². The van der Waals surface area contributed by atoms with Crippen molar-refractivity contribution < 1.29 is 4.74 Å². The van der Waals surface area contributed by atoms with Gasteiger partial charge in [0.1, 0.15) is 18.2 Å². The molecule has 0 unspecified atom stereocenters. The van der Waals surface area contributed by atoms with E-state index in [1.54, 1.807) is 12.3 Å². The third-order valence-electron chi connectivity index (χ3n) is 5.10. The molecule has 0 saturated carbocycles. The molecule has 1 heterocycles. The molecule has 0 atom stereocenters. The van der Waals surface area contributed by atoms with Crippen LogP contribution >= 0.6 is 38.5 Å². The van der Waals surface area contributed by atoms with E-state index in [2.05, 4.69) is 80.7 Å². The van der Waals surface area contributed by atoms with Crippen LogP contribution in [0.4, 0.5) is 0 Å². The molecule has 168 valence electrons. The van der Waals surface area contributed by atoms with Crippen LogP contribution in [-0.4, -0.2) is 15.9 Å². The minimum atomic E-state index is -0.172. The van der Waals surface area contributed by atoms with Crippen molar-refractivity contribution in [2.24, 2.45) is 5.10 Å². The summed E-state index contributed by atoms with van der Waals surface area (Å²) in [5.41, 5.74) is 3.74. The van der Waals surface area contributed by atoms with E-state index in [0.717, 1.165) is 31.3 Å². The van der Waals surface area contributed by atoms with Gasteiger partial charge in [0.15, 0.2) is 0 Å². The maximum absolute atomic E-state index is 13.1. The van der Waals surface area contributed by atoms with Gasteiger partial charge in [0.2, 0.25) is 0 Å². The summed E-state index contributed by atoms with van der Waals surface area (Å²) in [6.45, 7) is 4.64. The van der Waals surface area contributed by atoms with Crippen molar-refractivity contribution in [2.75, 3.05) is 0 Å². The van der Waals surface area contributed by atoms with E-state index in [1.165, 1.54) is 10.2 Å². The molecular formula is C26H23BrIN3O2. The highest BCUT2D eigenvalue weighted by molar-refractivity contribution is 14.1. The predicted molar refractivity (Wildman–Crippen MR) is 145 cm³/mol. The molecule has 7 heteroatoms. The highest BCUT2D eigenvalue weighted by Gasteiger charge is 2.11. The van der Waals surface area contributed by atoms with Gasteiger partial charge in [0.05, 0.1) is 20.7 Å². The molecule has 0 aliphatic carbocycles. The zero-order chi connectivity index (χ0) is 23.4. The van der Waals surface area contributed by atoms with Gasteiger partial charge in [0, 0.05) is 10.9 Å². The maximum atomic E-state index is 13.1. The van der Waals surface area contributed by atoms with Crippen LogP contribution in [0, 0.1) is 10.5 Å². The summed E-state index contributed by atoms with van der Waals surface area (Å²) in [5.74, 6) is 1.47. The Kier molecular flexibility index (Phi) is 7.60. The Bertz CT molecular complexity index is 1400. The van der Waals surface area contributed by atoms with Crippen molar-refractivity contribution in [1.82, 2.24) is 9.66 Å². The molecule has 0 aliphatic rings. The van der Waals surface area contributed by atoms with Crippen molar-refractivity contribution >= 4 is 55.6 Å². The average Bonchev–Trinajstić information content (AvgIpc) is 2.79. The van der Waals surface area contributed by atoms with Gasteiger partial charge in [-0.3, -0.25) is 4.79 Å². The Hall–Kier alpha value is -2.52. The first kappa shape index (κ1) is 23.6. The lowest BCUT2D eigenvalue weighted by atomic mass is 10.1. The van der Waals surface area contributed by atoms with E-state index in [0.29, 0.717) is 29.8 Å². The Morgan fingerprint density at radius 2 is 2.00 bits per heavy atom. The lowest BCUT2D eigenvalue weighted by molar-refractivity contribution is 0.304. The summed E-state index contributed by atoms with van der Waals surface area (Å²) in [4.78, 5) is 17.8. The summed E-state index contributed by atoms with van der Waals surface area (Å²) >= 11 is 5.69. The van der Waals surface area contributed by atoms with E-state index in [1.807, 2.05) is 36.4 Å². The Morgan fingerprint density at radius 1 is 1.15 bits per heavy atom. The topological polar surface area (TPSA) is 56.5 Å². The van der Waals surface area contributed by atoms with Crippen LogP contribution in [0.5, 0.6) is 5.75 Å². The zero-order valence-corrected chi connectivity index (χ0v) is 22.1. The first-order valence-corrected chi connectivity index (χ1v) is 12.5. The van der Waals surface area contributed by atoms with Crippen molar-refractivity contribution in [1.29, 1.82) is 0 Å². The summed E-state index contributed by atoms with van der Waals surface area (Å²) in [6, 6.07) is 19.7. The van der Waals surface area contributed by atoms with Crippen LogP contribution in [0.2, 0.25) is 0 Å². The molecule has 0 fully saturated rings. The van der Waals surface area contributed by atoms with Gasteiger partial charge in [-0.2, -0.15) is 9.78 Å². The van der Waals surface area contributed by atoms with E-state index < -0.39 is 0 Å². The van der Waals surface area contributed by atoms with Crippen molar-refractivity contribution in [3.05, 3.63) is 102 Å². The van der Waals surface area contributed by atoms with Crippen LogP contribution in [0.1, 0.15) is 35.9 Å². The fraction of sp³-hybridized carbons (Fsp3) is 0.192. The lowest BCUT2D eigenvalue weighted by Gasteiger charge is -2.10. The first-order valence-electron chi connectivity index (χ1n) is 10.7. The minimum Gasteiger partial charge on any atom is -0.488 e. The predicted octanol–water partition coefficient (Wildman–Crippen LogP) is 6.49. The average molecular weight is 616 g/mol. The molecule has 3 aromatic carbocycles. The second kappa shape index (κ2) is 10.6. The molecule has 0 aliphatic heterocycles. The molecule has 1 aromatic heterocycles. The molecule has 0 spiro atoms. The molecular weight excluding hydrogens is 593 g/mol. The number of halogens is 2. The van der Waals surface area contributed by atoms with Crippen molar-refractivity contribution in [3.63, 3.8) is 0 Å². The molecule has 0 bridgehead atoms.